The minimum Gasteiger partial charge on any atom is -0.478 e. The molecule has 176 valence electrons. The lowest BCUT2D eigenvalue weighted by atomic mass is 9.85. The van der Waals surface area contributed by atoms with Crippen LogP contribution in [0.15, 0.2) is 47.4 Å². The third-order valence-corrected chi connectivity index (χ3v) is 6.82. The number of nitrogens with zero attached hydrogens (tertiary/aromatic N) is 1. The average Bonchev–Trinajstić information content (AvgIpc) is 2.77. The van der Waals surface area contributed by atoms with Gasteiger partial charge in [0.25, 0.3) is 10.0 Å². The van der Waals surface area contributed by atoms with E-state index in [-0.39, 0.29) is 22.1 Å². The quantitative estimate of drug-likeness (QED) is 0.485. The summed E-state index contributed by atoms with van der Waals surface area (Å²) in [6, 6.07) is 9.55. The molecular weight excluding hydrogens is 442 g/mol. The lowest BCUT2D eigenvalue weighted by molar-refractivity contribution is -0.116. The van der Waals surface area contributed by atoms with E-state index in [1.165, 1.54) is 24.3 Å². The number of hydrogen-bond donors (Lipinski definition) is 3. The number of carboxylic acid groups (broad SMARTS) is 1. The number of benzene rings is 2. The second-order valence-corrected chi connectivity index (χ2v) is 9.89. The van der Waals surface area contributed by atoms with Gasteiger partial charge in [-0.25, -0.2) is 13.2 Å². The molecule has 0 saturated carbocycles. The highest BCUT2D eigenvalue weighted by molar-refractivity contribution is 7.92. The highest BCUT2D eigenvalue weighted by atomic mass is 32.2. The molecule has 8 nitrogen and oxygen atoms in total. The summed E-state index contributed by atoms with van der Waals surface area (Å²) in [5, 5.41) is 12.8. The van der Waals surface area contributed by atoms with Gasteiger partial charge in [-0.05, 0) is 80.7 Å². The van der Waals surface area contributed by atoms with Crippen LogP contribution in [0.2, 0.25) is 0 Å². The van der Waals surface area contributed by atoms with E-state index in [4.69, 9.17) is 0 Å². The summed E-state index contributed by atoms with van der Waals surface area (Å²) < 4.78 is 28.5. The summed E-state index contributed by atoms with van der Waals surface area (Å²) in [7, 11) is -0.241. The Morgan fingerprint density at radius 3 is 2.48 bits per heavy atom. The molecule has 33 heavy (non-hydrogen) atoms. The number of nitrogens with one attached hydrogen (secondary N) is 2. The predicted octanol–water partition coefficient (Wildman–Crippen LogP) is 2.76. The minimum atomic E-state index is -4.03. The van der Waals surface area contributed by atoms with Crippen molar-refractivity contribution in [3.63, 3.8) is 0 Å². The van der Waals surface area contributed by atoms with E-state index in [0.717, 1.165) is 18.4 Å². The van der Waals surface area contributed by atoms with Crippen molar-refractivity contribution in [3.8, 4) is 0 Å². The van der Waals surface area contributed by atoms with Crippen LogP contribution in [0.3, 0.4) is 0 Å². The number of sulfonamides is 1. The molecule has 2 aromatic rings. The Balaban J connectivity index is 2.04. The number of carbonyl (C=O) groups excluding carboxylic acids is 1. The molecule has 3 N–H and O–H groups in total. The van der Waals surface area contributed by atoms with Crippen molar-refractivity contribution in [3.05, 3.63) is 64.7 Å². The molecule has 0 saturated heterocycles. The van der Waals surface area contributed by atoms with Crippen LogP contribution >= 0.6 is 0 Å². The smallest absolute Gasteiger partial charge is 0.338 e. The third-order valence-electron chi connectivity index (χ3n) is 5.46. The second-order valence-electron chi connectivity index (χ2n) is 8.21. The zero-order valence-electron chi connectivity index (χ0n) is 18.8. The van der Waals surface area contributed by atoms with Crippen molar-refractivity contribution in [2.45, 2.75) is 30.6 Å². The Bertz CT molecular complexity index is 1160. The van der Waals surface area contributed by atoms with E-state index in [9.17, 15) is 23.1 Å². The predicted molar refractivity (Wildman–Crippen MR) is 128 cm³/mol. The van der Waals surface area contributed by atoms with Gasteiger partial charge >= 0.3 is 5.97 Å². The van der Waals surface area contributed by atoms with Crippen LogP contribution in [0, 0.1) is 0 Å². The van der Waals surface area contributed by atoms with Gasteiger partial charge in [0.15, 0.2) is 0 Å². The first-order valence-electron chi connectivity index (χ1n) is 10.8. The second kappa shape index (κ2) is 10.6. The Kier molecular flexibility index (Phi) is 7.88. The number of amides is 1. The number of carbonyl (C=O) groups is 2. The molecule has 0 aromatic heterocycles. The van der Waals surface area contributed by atoms with Crippen LogP contribution in [0.1, 0.15) is 39.9 Å². The van der Waals surface area contributed by atoms with Crippen LogP contribution in [-0.2, 0) is 27.7 Å². The first-order valence-corrected chi connectivity index (χ1v) is 12.3. The number of aryl methyl sites for hydroxylation is 1. The maximum Gasteiger partial charge on any atom is 0.338 e. The molecule has 0 heterocycles. The summed E-state index contributed by atoms with van der Waals surface area (Å²) in [5.41, 5.74) is 1.78. The van der Waals surface area contributed by atoms with Gasteiger partial charge in [-0.2, -0.15) is 0 Å². The van der Waals surface area contributed by atoms with Crippen molar-refractivity contribution in [2.24, 2.45) is 0 Å². The van der Waals surface area contributed by atoms with E-state index < -0.39 is 16.0 Å². The molecule has 0 unspecified atom stereocenters. The van der Waals surface area contributed by atoms with Crippen molar-refractivity contribution in [1.29, 1.82) is 0 Å². The molecule has 1 aliphatic rings. The minimum absolute atomic E-state index is 0.0235. The van der Waals surface area contributed by atoms with E-state index in [1.54, 1.807) is 24.3 Å². The fourth-order valence-electron chi connectivity index (χ4n) is 3.83. The summed E-state index contributed by atoms with van der Waals surface area (Å²) in [6.07, 6.45) is 5.79. The first-order chi connectivity index (χ1) is 15.7. The highest BCUT2D eigenvalue weighted by Gasteiger charge is 2.27. The lowest BCUT2D eigenvalue weighted by Crippen LogP contribution is -2.30. The molecule has 2 aromatic carbocycles. The van der Waals surface area contributed by atoms with Crippen LogP contribution in [0.25, 0.3) is 6.08 Å². The van der Waals surface area contributed by atoms with Crippen LogP contribution < -0.4 is 10.0 Å². The Morgan fingerprint density at radius 2 is 1.82 bits per heavy atom. The number of anilines is 1. The average molecular weight is 472 g/mol. The van der Waals surface area contributed by atoms with Gasteiger partial charge in [-0.3, -0.25) is 9.52 Å². The third kappa shape index (κ3) is 6.21. The fraction of sp³-hybridized carbons (Fsp3) is 0.333. The molecule has 0 bridgehead atoms. The molecule has 0 atom stereocenters. The standard InChI is InChI=1S/C24H29N3O5S/c1-27(2)15-14-25-21(28)13-12-18-16-17-8-6-7-11-20(17)22(24(29)30)23(18)26-33(31,32)19-9-4-3-5-10-19/h3-5,9-10,12-13,16,26H,6-8,11,14-15H2,1-2H3,(H,25,28)(H,29,30)/b13-12+. The van der Waals surface area contributed by atoms with Crippen molar-refractivity contribution in [2.75, 3.05) is 31.9 Å². The first kappa shape index (κ1) is 24.5. The van der Waals surface area contributed by atoms with E-state index >= 15 is 0 Å². The molecule has 0 radical (unpaired) electrons. The van der Waals surface area contributed by atoms with Gasteiger partial charge in [0.1, 0.15) is 0 Å². The molecule has 3 rings (SSSR count). The summed E-state index contributed by atoms with van der Waals surface area (Å²) >= 11 is 0. The molecule has 0 aliphatic heterocycles. The van der Waals surface area contributed by atoms with Gasteiger partial charge in [0, 0.05) is 19.2 Å². The molecule has 0 fully saturated rings. The monoisotopic (exact) mass is 471 g/mol. The van der Waals surface area contributed by atoms with Gasteiger partial charge in [0.05, 0.1) is 16.1 Å². The van der Waals surface area contributed by atoms with Gasteiger partial charge in [0.2, 0.25) is 5.91 Å². The zero-order valence-corrected chi connectivity index (χ0v) is 19.6. The maximum atomic E-state index is 13.0. The molecule has 9 heteroatoms. The molecule has 0 spiro atoms. The maximum absolute atomic E-state index is 13.0. The summed E-state index contributed by atoms with van der Waals surface area (Å²) in [5.74, 6) is -1.55. The number of likely N-dealkylation sites (N-methyl/N-ethyl adjacent to an activating group) is 1. The lowest BCUT2D eigenvalue weighted by Gasteiger charge is -2.23. The molecule has 1 amide bonds. The fourth-order valence-corrected chi connectivity index (χ4v) is 4.95. The van der Waals surface area contributed by atoms with Gasteiger partial charge in [-0.15, -0.1) is 0 Å². The SMILES string of the molecule is CN(C)CCNC(=O)/C=C/c1cc2c(c(C(=O)O)c1NS(=O)(=O)c1ccccc1)CCCC2. The van der Waals surface area contributed by atoms with Crippen molar-refractivity contribution < 1.29 is 23.1 Å². The van der Waals surface area contributed by atoms with Gasteiger partial charge < -0.3 is 15.3 Å². The van der Waals surface area contributed by atoms with Crippen LogP contribution in [0.5, 0.6) is 0 Å². The highest BCUT2D eigenvalue weighted by Crippen LogP contribution is 2.35. The Labute approximate surface area is 194 Å². The largest absolute Gasteiger partial charge is 0.478 e. The summed E-state index contributed by atoms with van der Waals surface area (Å²) in [6.45, 7) is 1.12. The topological polar surface area (TPSA) is 116 Å². The number of carboxylic acids is 1. The number of hydrogen-bond acceptors (Lipinski definition) is 5. The number of rotatable bonds is 9. The zero-order chi connectivity index (χ0) is 24.0. The van der Waals surface area contributed by atoms with Gasteiger partial charge in [-0.1, -0.05) is 18.2 Å². The number of aromatic carboxylic acids is 1. The Morgan fingerprint density at radius 1 is 1.12 bits per heavy atom. The normalized spacial score (nSPS) is 13.7. The number of fused-ring (bicyclic) bond motifs is 1. The van der Waals surface area contributed by atoms with Crippen molar-refractivity contribution in [1.82, 2.24) is 10.2 Å². The molecular formula is C24H29N3O5S. The van der Waals surface area contributed by atoms with E-state index in [2.05, 4.69) is 10.0 Å². The summed E-state index contributed by atoms with van der Waals surface area (Å²) in [4.78, 5) is 26.5. The van der Waals surface area contributed by atoms with E-state index in [1.807, 2.05) is 19.0 Å². The van der Waals surface area contributed by atoms with Crippen LogP contribution in [-0.4, -0.2) is 57.5 Å². The Hall–Kier alpha value is -3.17. The molecule has 1 aliphatic carbocycles. The van der Waals surface area contributed by atoms with E-state index in [0.29, 0.717) is 37.1 Å². The van der Waals surface area contributed by atoms with Crippen LogP contribution in [0.4, 0.5) is 5.69 Å². The van der Waals surface area contributed by atoms with Crippen molar-refractivity contribution >= 4 is 33.7 Å².